The van der Waals surface area contributed by atoms with Crippen molar-refractivity contribution in [2.45, 2.75) is 26.2 Å². The van der Waals surface area contributed by atoms with Crippen molar-refractivity contribution >= 4 is 10.2 Å². The molecule has 2 rings (SSSR count). The van der Waals surface area contributed by atoms with Gasteiger partial charge in [-0.2, -0.15) is 12.7 Å². The van der Waals surface area contributed by atoms with Gasteiger partial charge in [-0.15, -0.1) is 0 Å². The van der Waals surface area contributed by atoms with E-state index in [1.165, 1.54) is 0 Å². The Hall–Kier alpha value is -0.960. The van der Waals surface area contributed by atoms with E-state index in [9.17, 15) is 8.42 Å². The minimum atomic E-state index is -3.36. The third-order valence-electron chi connectivity index (χ3n) is 3.80. The van der Waals surface area contributed by atoms with Crippen molar-refractivity contribution in [1.29, 1.82) is 0 Å². The van der Waals surface area contributed by atoms with Crippen molar-refractivity contribution in [2.24, 2.45) is 5.92 Å². The molecule has 21 heavy (non-hydrogen) atoms. The zero-order chi connectivity index (χ0) is 15.1. The molecule has 2 heterocycles. The average molecular weight is 315 g/mol. The van der Waals surface area contributed by atoms with Crippen molar-refractivity contribution in [2.75, 3.05) is 32.7 Å². The lowest BCUT2D eigenvalue weighted by molar-refractivity contribution is 0.266. The number of nitrogens with zero attached hydrogens (tertiary/aromatic N) is 2. The maximum atomic E-state index is 12.2. The highest BCUT2D eigenvalue weighted by Gasteiger charge is 2.27. The summed E-state index contributed by atoms with van der Waals surface area (Å²) in [5.74, 6) is 1.38. The summed E-state index contributed by atoms with van der Waals surface area (Å²) in [6.07, 6.45) is 5.82. The molecular formula is C13H25N5O2S. The number of hydrogen-bond acceptors (Lipinski definition) is 4. The molecule has 0 atom stereocenters. The number of H-pyrrole nitrogens is 1. The second-order valence-corrected chi connectivity index (χ2v) is 7.09. The summed E-state index contributed by atoms with van der Waals surface area (Å²) in [5.41, 5.74) is 0. The SMILES string of the molecule is CCNCC1CCN(S(=O)(=O)NCCc2ncc[nH]2)CC1. The molecule has 0 aliphatic carbocycles. The molecule has 0 amide bonds. The molecule has 120 valence electrons. The molecule has 0 spiro atoms. The number of imidazole rings is 1. The Bertz CT molecular complexity index is 495. The number of nitrogens with one attached hydrogen (secondary N) is 3. The van der Waals surface area contributed by atoms with E-state index in [0.29, 0.717) is 32.0 Å². The molecule has 8 heteroatoms. The molecule has 0 radical (unpaired) electrons. The summed E-state index contributed by atoms with van der Waals surface area (Å²) in [6, 6.07) is 0. The third-order valence-corrected chi connectivity index (χ3v) is 5.41. The lowest BCUT2D eigenvalue weighted by atomic mass is 9.98. The molecule has 7 nitrogen and oxygen atoms in total. The van der Waals surface area contributed by atoms with Crippen LogP contribution in [0.5, 0.6) is 0 Å². The predicted octanol–water partition coefficient (Wildman–Crippen LogP) is 0.108. The Morgan fingerprint density at radius 1 is 1.43 bits per heavy atom. The molecule has 0 unspecified atom stereocenters. The smallest absolute Gasteiger partial charge is 0.279 e. The van der Waals surface area contributed by atoms with Crippen LogP contribution in [0.25, 0.3) is 0 Å². The van der Waals surface area contributed by atoms with Crippen LogP contribution in [0.2, 0.25) is 0 Å². The van der Waals surface area contributed by atoms with E-state index >= 15 is 0 Å². The second-order valence-electron chi connectivity index (χ2n) is 5.34. The van der Waals surface area contributed by atoms with Crippen molar-refractivity contribution in [3.8, 4) is 0 Å². The lowest BCUT2D eigenvalue weighted by Crippen LogP contribution is -2.46. The lowest BCUT2D eigenvalue weighted by Gasteiger charge is -2.31. The highest BCUT2D eigenvalue weighted by atomic mass is 32.2. The zero-order valence-electron chi connectivity index (χ0n) is 12.5. The maximum Gasteiger partial charge on any atom is 0.279 e. The van der Waals surface area contributed by atoms with Gasteiger partial charge < -0.3 is 10.3 Å². The van der Waals surface area contributed by atoms with Gasteiger partial charge in [-0.05, 0) is 31.8 Å². The molecule has 1 aliphatic rings. The van der Waals surface area contributed by atoms with Gasteiger partial charge in [0.15, 0.2) is 0 Å². The number of aromatic amines is 1. The summed E-state index contributed by atoms with van der Waals surface area (Å²) >= 11 is 0. The largest absolute Gasteiger partial charge is 0.349 e. The molecule has 1 saturated heterocycles. The van der Waals surface area contributed by atoms with Crippen molar-refractivity contribution in [3.63, 3.8) is 0 Å². The van der Waals surface area contributed by atoms with E-state index in [0.717, 1.165) is 31.8 Å². The van der Waals surface area contributed by atoms with Gasteiger partial charge in [0.25, 0.3) is 10.2 Å². The van der Waals surface area contributed by atoms with E-state index in [-0.39, 0.29) is 0 Å². The van der Waals surface area contributed by atoms with Gasteiger partial charge >= 0.3 is 0 Å². The monoisotopic (exact) mass is 315 g/mol. The predicted molar refractivity (Wildman–Crippen MR) is 82.1 cm³/mol. The van der Waals surface area contributed by atoms with Crippen LogP contribution in [0.15, 0.2) is 12.4 Å². The average Bonchev–Trinajstić information content (AvgIpc) is 2.98. The Morgan fingerprint density at radius 2 is 2.19 bits per heavy atom. The molecule has 1 aliphatic heterocycles. The van der Waals surface area contributed by atoms with Crippen LogP contribution in [0.4, 0.5) is 0 Å². The molecular weight excluding hydrogens is 290 g/mol. The van der Waals surface area contributed by atoms with Crippen molar-refractivity contribution in [1.82, 2.24) is 24.3 Å². The van der Waals surface area contributed by atoms with Crippen LogP contribution in [0.1, 0.15) is 25.6 Å². The summed E-state index contributed by atoms with van der Waals surface area (Å²) < 4.78 is 28.6. The fourth-order valence-electron chi connectivity index (χ4n) is 2.53. The fraction of sp³-hybridized carbons (Fsp3) is 0.769. The molecule has 1 fully saturated rings. The number of aromatic nitrogens is 2. The zero-order valence-corrected chi connectivity index (χ0v) is 13.3. The number of piperidine rings is 1. The van der Waals surface area contributed by atoms with Gasteiger partial charge in [0.1, 0.15) is 5.82 Å². The van der Waals surface area contributed by atoms with Crippen LogP contribution in [-0.2, 0) is 16.6 Å². The first-order valence-electron chi connectivity index (χ1n) is 7.55. The standard InChI is InChI=1S/C13H25N5O2S/c1-2-14-11-12-4-9-18(10-5-12)21(19,20)17-6-3-13-15-7-8-16-13/h7-8,12,14,17H,2-6,9-11H2,1H3,(H,15,16). The van der Waals surface area contributed by atoms with E-state index < -0.39 is 10.2 Å². The first-order chi connectivity index (χ1) is 10.1. The molecule has 3 N–H and O–H groups in total. The van der Waals surface area contributed by atoms with Crippen LogP contribution in [0, 0.1) is 5.92 Å². The van der Waals surface area contributed by atoms with Gasteiger partial charge in [0, 0.05) is 38.4 Å². The Kier molecular flexibility index (Phi) is 6.16. The second kappa shape index (κ2) is 7.88. The summed E-state index contributed by atoms with van der Waals surface area (Å²) in [5, 5.41) is 3.33. The van der Waals surface area contributed by atoms with Gasteiger partial charge in [0.2, 0.25) is 0 Å². The highest BCUT2D eigenvalue weighted by Crippen LogP contribution is 2.18. The summed E-state index contributed by atoms with van der Waals surface area (Å²) in [7, 11) is -3.36. The quantitative estimate of drug-likeness (QED) is 0.635. The minimum absolute atomic E-state index is 0.368. The minimum Gasteiger partial charge on any atom is -0.349 e. The van der Waals surface area contributed by atoms with Gasteiger partial charge in [-0.3, -0.25) is 0 Å². The number of hydrogen-bond donors (Lipinski definition) is 3. The molecule has 0 aromatic carbocycles. The molecule has 1 aromatic rings. The number of rotatable bonds is 8. The van der Waals surface area contributed by atoms with Gasteiger partial charge in [0.05, 0.1) is 0 Å². The molecule has 1 aromatic heterocycles. The van der Waals surface area contributed by atoms with Gasteiger partial charge in [-0.1, -0.05) is 6.92 Å². The first kappa shape index (κ1) is 16.4. The van der Waals surface area contributed by atoms with Crippen LogP contribution in [0.3, 0.4) is 0 Å². The van der Waals surface area contributed by atoms with Crippen molar-refractivity contribution < 1.29 is 8.42 Å². The highest BCUT2D eigenvalue weighted by molar-refractivity contribution is 7.87. The Morgan fingerprint density at radius 3 is 2.81 bits per heavy atom. The van der Waals surface area contributed by atoms with Crippen molar-refractivity contribution in [3.05, 3.63) is 18.2 Å². The third kappa shape index (κ3) is 5.06. The normalized spacial score (nSPS) is 18.1. The maximum absolute atomic E-state index is 12.2. The first-order valence-corrected chi connectivity index (χ1v) is 8.99. The Labute approximate surface area is 126 Å². The summed E-state index contributed by atoms with van der Waals surface area (Å²) in [4.78, 5) is 7.04. The summed E-state index contributed by atoms with van der Waals surface area (Å²) in [6.45, 7) is 5.61. The van der Waals surface area contributed by atoms with E-state index in [1.807, 2.05) is 0 Å². The molecule has 0 saturated carbocycles. The van der Waals surface area contributed by atoms with Gasteiger partial charge in [-0.25, -0.2) is 9.71 Å². The Balaban J connectivity index is 1.73. The fourth-order valence-corrected chi connectivity index (χ4v) is 3.76. The van der Waals surface area contributed by atoms with Crippen LogP contribution < -0.4 is 10.0 Å². The van der Waals surface area contributed by atoms with E-state index in [4.69, 9.17) is 0 Å². The van der Waals surface area contributed by atoms with Crippen LogP contribution in [-0.4, -0.2) is 55.4 Å². The topological polar surface area (TPSA) is 90.1 Å². The van der Waals surface area contributed by atoms with Crippen LogP contribution >= 0.6 is 0 Å². The van der Waals surface area contributed by atoms with E-state index in [2.05, 4.69) is 26.9 Å². The molecule has 0 bridgehead atoms. The van der Waals surface area contributed by atoms with E-state index in [1.54, 1.807) is 16.7 Å².